The van der Waals surface area contributed by atoms with Crippen LogP contribution in [0.25, 0.3) is 11.4 Å². The Labute approximate surface area is 165 Å². The van der Waals surface area contributed by atoms with E-state index in [1.165, 1.54) is 23.9 Å². The first-order valence-corrected chi connectivity index (χ1v) is 9.27. The molecule has 0 aliphatic rings. The SMILES string of the molecule is C=CCn1c(SCC(=O)Nc2cccc(C(=O)O)c2)nnc1-c1ccncc1. The van der Waals surface area contributed by atoms with E-state index < -0.39 is 5.97 Å². The minimum atomic E-state index is -1.05. The second-order valence-electron chi connectivity index (χ2n) is 5.66. The zero-order chi connectivity index (χ0) is 19.9. The van der Waals surface area contributed by atoms with Gasteiger partial charge in [0.2, 0.25) is 5.91 Å². The van der Waals surface area contributed by atoms with Crippen LogP contribution >= 0.6 is 11.8 Å². The number of nitrogens with one attached hydrogen (secondary N) is 1. The van der Waals surface area contributed by atoms with Gasteiger partial charge >= 0.3 is 5.97 Å². The summed E-state index contributed by atoms with van der Waals surface area (Å²) in [6.07, 6.45) is 5.08. The van der Waals surface area contributed by atoms with Crippen LogP contribution in [-0.4, -0.2) is 42.5 Å². The maximum absolute atomic E-state index is 12.2. The summed E-state index contributed by atoms with van der Waals surface area (Å²) in [6, 6.07) is 9.75. The van der Waals surface area contributed by atoms with Gasteiger partial charge < -0.3 is 10.4 Å². The van der Waals surface area contributed by atoms with Gasteiger partial charge in [0.05, 0.1) is 11.3 Å². The fourth-order valence-electron chi connectivity index (χ4n) is 2.46. The van der Waals surface area contributed by atoms with E-state index in [4.69, 9.17) is 5.11 Å². The van der Waals surface area contributed by atoms with Gasteiger partial charge in [0.15, 0.2) is 11.0 Å². The Bertz CT molecular complexity index is 1000. The summed E-state index contributed by atoms with van der Waals surface area (Å²) >= 11 is 1.24. The molecule has 0 saturated carbocycles. The number of carbonyl (C=O) groups excluding carboxylic acids is 1. The number of allylic oxidation sites excluding steroid dienone is 1. The second kappa shape index (κ2) is 8.96. The highest BCUT2D eigenvalue weighted by Gasteiger charge is 2.15. The molecule has 28 heavy (non-hydrogen) atoms. The standard InChI is InChI=1S/C19H17N5O3S/c1-2-10-24-17(13-6-8-20-9-7-13)22-23-19(24)28-12-16(25)21-15-5-3-4-14(11-15)18(26)27/h2-9,11H,1,10,12H2,(H,21,25)(H,26,27). The number of carboxylic acid groups (broad SMARTS) is 1. The van der Waals surface area contributed by atoms with Crippen molar-refractivity contribution in [3.63, 3.8) is 0 Å². The molecule has 0 aliphatic carbocycles. The van der Waals surface area contributed by atoms with E-state index in [0.717, 1.165) is 5.56 Å². The third-order valence-electron chi connectivity index (χ3n) is 3.69. The van der Waals surface area contributed by atoms with Crippen molar-refractivity contribution in [1.29, 1.82) is 0 Å². The van der Waals surface area contributed by atoms with Gasteiger partial charge in [-0.25, -0.2) is 4.79 Å². The van der Waals surface area contributed by atoms with Crippen LogP contribution in [0.2, 0.25) is 0 Å². The molecule has 0 atom stereocenters. The molecule has 3 aromatic rings. The number of anilines is 1. The summed E-state index contributed by atoms with van der Waals surface area (Å²) < 4.78 is 1.87. The van der Waals surface area contributed by atoms with Crippen molar-refractivity contribution in [3.8, 4) is 11.4 Å². The summed E-state index contributed by atoms with van der Waals surface area (Å²) in [6.45, 7) is 4.26. The zero-order valence-corrected chi connectivity index (χ0v) is 15.6. The Morgan fingerprint density at radius 2 is 2.00 bits per heavy atom. The van der Waals surface area contributed by atoms with Gasteiger partial charge in [0, 0.05) is 30.2 Å². The zero-order valence-electron chi connectivity index (χ0n) is 14.8. The highest BCUT2D eigenvalue weighted by molar-refractivity contribution is 7.99. The first-order valence-electron chi connectivity index (χ1n) is 8.29. The summed E-state index contributed by atoms with van der Waals surface area (Å²) in [5.74, 6) is -0.555. The van der Waals surface area contributed by atoms with Crippen LogP contribution in [0.4, 0.5) is 5.69 Å². The molecular weight excluding hydrogens is 378 g/mol. The summed E-state index contributed by atoms with van der Waals surface area (Å²) in [7, 11) is 0. The summed E-state index contributed by atoms with van der Waals surface area (Å²) in [5, 5.41) is 20.7. The maximum atomic E-state index is 12.2. The first kappa shape index (κ1) is 19.3. The van der Waals surface area contributed by atoms with Crippen LogP contribution in [0.3, 0.4) is 0 Å². The molecule has 8 nitrogen and oxygen atoms in total. The molecule has 3 rings (SSSR count). The first-order chi connectivity index (χ1) is 13.6. The maximum Gasteiger partial charge on any atom is 0.335 e. The molecule has 9 heteroatoms. The van der Waals surface area contributed by atoms with Gasteiger partial charge in [-0.3, -0.25) is 14.3 Å². The molecule has 0 fully saturated rings. The average Bonchev–Trinajstić information content (AvgIpc) is 3.10. The fraction of sp³-hybridized carbons (Fsp3) is 0.105. The molecule has 2 heterocycles. The van der Waals surface area contributed by atoms with Gasteiger partial charge in [0.25, 0.3) is 0 Å². The number of pyridine rings is 1. The van der Waals surface area contributed by atoms with E-state index in [1.54, 1.807) is 30.6 Å². The number of hydrogen-bond acceptors (Lipinski definition) is 6. The number of hydrogen-bond donors (Lipinski definition) is 2. The van der Waals surface area contributed by atoms with Gasteiger partial charge in [0.1, 0.15) is 0 Å². The molecule has 2 aromatic heterocycles. The van der Waals surface area contributed by atoms with Crippen molar-refractivity contribution in [2.45, 2.75) is 11.7 Å². The molecule has 1 aromatic carbocycles. The van der Waals surface area contributed by atoms with Crippen LogP contribution in [0.5, 0.6) is 0 Å². The third-order valence-corrected chi connectivity index (χ3v) is 4.66. The molecule has 0 radical (unpaired) electrons. The lowest BCUT2D eigenvalue weighted by atomic mass is 10.2. The molecule has 0 unspecified atom stereocenters. The number of nitrogens with zero attached hydrogens (tertiary/aromatic N) is 4. The highest BCUT2D eigenvalue weighted by Crippen LogP contribution is 2.24. The van der Waals surface area contributed by atoms with Crippen LogP contribution in [-0.2, 0) is 11.3 Å². The minimum absolute atomic E-state index is 0.100. The van der Waals surface area contributed by atoms with Gasteiger partial charge in [-0.05, 0) is 30.3 Å². The number of carbonyl (C=O) groups is 2. The van der Waals surface area contributed by atoms with Gasteiger partial charge in [-0.1, -0.05) is 23.9 Å². The Morgan fingerprint density at radius 3 is 2.71 bits per heavy atom. The largest absolute Gasteiger partial charge is 0.478 e. The normalized spacial score (nSPS) is 10.4. The van der Waals surface area contributed by atoms with E-state index in [1.807, 2.05) is 16.7 Å². The number of aromatic carboxylic acids is 1. The van der Waals surface area contributed by atoms with Crippen molar-refractivity contribution < 1.29 is 14.7 Å². The van der Waals surface area contributed by atoms with E-state index >= 15 is 0 Å². The Balaban J connectivity index is 1.69. The average molecular weight is 395 g/mol. The van der Waals surface area contributed by atoms with E-state index in [9.17, 15) is 9.59 Å². The van der Waals surface area contributed by atoms with E-state index in [2.05, 4.69) is 27.1 Å². The smallest absolute Gasteiger partial charge is 0.335 e. The van der Waals surface area contributed by atoms with Crippen molar-refractivity contribution in [3.05, 3.63) is 67.0 Å². The fourth-order valence-corrected chi connectivity index (χ4v) is 3.21. The predicted molar refractivity (Wildman–Crippen MR) is 106 cm³/mol. The molecule has 1 amide bonds. The summed E-state index contributed by atoms with van der Waals surface area (Å²) in [5.41, 5.74) is 1.40. The molecule has 0 saturated heterocycles. The van der Waals surface area contributed by atoms with Crippen molar-refractivity contribution in [1.82, 2.24) is 19.7 Å². The lowest BCUT2D eigenvalue weighted by Crippen LogP contribution is -2.15. The molecule has 0 bridgehead atoms. The molecule has 142 valence electrons. The van der Waals surface area contributed by atoms with Crippen LogP contribution < -0.4 is 5.32 Å². The molecule has 2 N–H and O–H groups in total. The number of thioether (sulfide) groups is 1. The van der Waals surface area contributed by atoms with E-state index in [0.29, 0.717) is 23.2 Å². The number of amides is 1. The van der Waals surface area contributed by atoms with Crippen LogP contribution in [0, 0.1) is 0 Å². The third kappa shape index (κ3) is 4.63. The van der Waals surface area contributed by atoms with Gasteiger partial charge in [-0.15, -0.1) is 16.8 Å². The Kier molecular flexibility index (Phi) is 6.18. The summed E-state index contributed by atoms with van der Waals surface area (Å²) in [4.78, 5) is 27.3. The van der Waals surface area contributed by atoms with Crippen molar-refractivity contribution >= 4 is 29.3 Å². The minimum Gasteiger partial charge on any atom is -0.478 e. The molecule has 0 spiro atoms. The quantitative estimate of drug-likeness (QED) is 0.446. The molecule has 0 aliphatic heterocycles. The monoisotopic (exact) mass is 395 g/mol. The second-order valence-corrected chi connectivity index (χ2v) is 6.61. The number of carboxylic acids is 1. The predicted octanol–water partition coefficient (Wildman–Crippen LogP) is 2.96. The van der Waals surface area contributed by atoms with Crippen molar-refractivity contribution in [2.75, 3.05) is 11.1 Å². The van der Waals surface area contributed by atoms with Crippen molar-refractivity contribution in [2.24, 2.45) is 0 Å². The number of benzene rings is 1. The number of rotatable bonds is 8. The lowest BCUT2D eigenvalue weighted by molar-refractivity contribution is -0.113. The number of aromatic nitrogens is 4. The lowest BCUT2D eigenvalue weighted by Gasteiger charge is -2.08. The van der Waals surface area contributed by atoms with Crippen LogP contribution in [0.15, 0.2) is 66.6 Å². The highest BCUT2D eigenvalue weighted by atomic mass is 32.2. The van der Waals surface area contributed by atoms with Gasteiger partial charge in [-0.2, -0.15) is 0 Å². The Morgan fingerprint density at radius 1 is 1.21 bits per heavy atom. The molecular formula is C19H17N5O3S. The van der Waals surface area contributed by atoms with Crippen LogP contribution in [0.1, 0.15) is 10.4 Å². The van der Waals surface area contributed by atoms with E-state index in [-0.39, 0.29) is 17.2 Å². The Hall–Kier alpha value is -3.46. The topological polar surface area (TPSA) is 110 Å².